The van der Waals surface area contributed by atoms with Crippen LogP contribution in [0.25, 0.3) is 28.1 Å². The second-order valence-corrected chi connectivity index (χ2v) is 8.29. The highest BCUT2D eigenvalue weighted by Crippen LogP contribution is 2.30. The van der Waals surface area contributed by atoms with Crippen molar-refractivity contribution in [2.24, 2.45) is 0 Å². The van der Waals surface area contributed by atoms with Gasteiger partial charge in [0, 0.05) is 12.1 Å². The average molecular weight is 482 g/mol. The van der Waals surface area contributed by atoms with Gasteiger partial charge in [-0.1, -0.05) is 49.6 Å². The van der Waals surface area contributed by atoms with E-state index < -0.39 is 5.97 Å². The normalized spacial score (nSPS) is 13.6. The van der Waals surface area contributed by atoms with Crippen LogP contribution in [0.15, 0.2) is 97.6 Å². The molecule has 0 saturated carbocycles. The lowest BCUT2D eigenvalue weighted by molar-refractivity contribution is 0.0696. The number of ether oxygens (including phenoxy) is 1. The number of carboxylic acids is 1. The summed E-state index contributed by atoms with van der Waals surface area (Å²) in [4.78, 5) is 20.6. The Morgan fingerprint density at radius 1 is 1.06 bits per heavy atom. The van der Waals surface area contributed by atoms with Crippen LogP contribution < -0.4 is 10.1 Å². The third kappa shape index (κ3) is 5.95. The van der Waals surface area contributed by atoms with Gasteiger partial charge >= 0.3 is 5.97 Å². The fraction of sp³-hybridized carbons (Fsp3) is 0.138. The number of allylic oxidation sites excluding steroid dienone is 1. The molecule has 182 valence electrons. The SMILES string of the molecule is C=C/C(O)=C\C(=C)COc1cnc(-c2ccc(-c3ccc(C(=O)O)c(C4=CCNCC4)c3)cc2)nc1. The number of carboxylic acid groups (broad SMARTS) is 1. The topological polar surface area (TPSA) is 105 Å². The summed E-state index contributed by atoms with van der Waals surface area (Å²) in [5.41, 5.74) is 5.49. The molecule has 3 N–H and O–H groups in total. The maximum atomic E-state index is 11.8. The number of aliphatic hydroxyl groups excluding tert-OH is 1. The minimum absolute atomic E-state index is 0.0241. The van der Waals surface area contributed by atoms with Gasteiger partial charge in [0.05, 0.1) is 18.0 Å². The van der Waals surface area contributed by atoms with E-state index in [9.17, 15) is 15.0 Å². The minimum atomic E-state index is -0.924. The van der Waals surface area contributed by atoms with E-state index in [4.69, 9.17) is 4.74 Å². The first-order chi connectivity index (χ1) is 17.4. The standard InChI is InChI=1S/C29H27N3O4/c1-3-24(33)14-19(2)18-36-25-16-31-28(32-17-25)22-6-4-20(5-7-22)23-8-9-26(29(34)35)27(15-23)21-10-12-30-13-11-21/h3-10,14-17,30,33H,1-2,11-13,18H2,(H,34,35)/b24-14+. The van der Waals surface area contributed by atoms with Crippen LogP contribution in [0, 0.1) is 0 Å². The molecular weight excluding hydrogens is 454 g/mol. The van der Waals surface area contributed by atoms with E-state index in [-0.39, 0.29) is 12.4 Å². The summed E-state index contributed by atoms with van der Waals surface area (Å²) < 4.78 is 5.60. The van der Waals surface area contributed by atoms with Crippen LogP contribution in [-0.4, -0.2) is 45.8 Å². The maximum Gasteiger partial charge on any atom is 0.336 e. The second-order valence-electron chi connectivity index (χ2n) is 8.29. The first kappa shape index (κ1) is 24.6. The van der Waals surface area contributed by atoms with Crippen LogP contribution in [0.1, 0.15) is 22.3 Å². The van der Waals surface area contributed by atoms with Gasteiger partial charge in [0.15, 0.2) is 11.6 Å². The zero-order valence-corrected chi connectivity index (χ0v) is 19.8. The number of nitrogens with zero attached hydrogens (tertiary/aromatic N) is 2. The van der Waals surface area contributed by atoms with E-state index in [1.807, 2.05) is 36.4 Å². The molecule has 0 atom stereocenters. The van der Waals surface area contributed by atoms with Gasteiger partial charge < -0.3 is 20.3 Å². The Morgan fingerprint density at radius 3 is 2.39 bits per heavy atom. The Bertz CT molecular complexity index is 1340. The van der Waals surface area contributed by atoms with Gasteiger partial charge in [-0.3, -0.25) is 0 Å². The molecule has 0 unspecified atom stereocenters. The third-order valence-electron chi connectivity index (χ3n) is 5.75. The van der Waals surface area contributed by atoms with Crippen LogP contribution in [0.4, 0.5) is 0 Å². The molecule has 1 aromatic heterocycles. The van der Waals surface area contributed by atoms with Crippen molar-refractivity contribution < 1.29 is 19.7 Å². The molecule has 3 aromatic rings. The summed E-state index contributed by atoms with van der Waals surface area (Å²) >= 11 is 0. The molecule has 36 heavy (non-hydrogen) atoms. The number of nitrogens with one attached hydrogen (secondary N) is 1. The molecule has 0 aliphatic carbocycles. The quantitative estimate of drug-likeness (QED) is 0.276. The number of aliphatic hydroxyl groups is 1. The van der Waals surface area contributed by atoms with Crippen molar-refractivity contribution in [3.8, 4) is 28.3 Å². The molecule has 0 saturated heterocycles. The van der Waals surface area contributed by atoms with Crippen LogP contribution in [0.3, 0.4) is 0 Å². The highest BCUT2D eigenvalue weighted by molar-refractivity contribution is 5.95. The van der Waals surface area contributed by atoms with Crippen molar-refractivity contribution in [3.63, 3.8) is 0 Å². The fourth-order valence-electron chi connectivity index (χ4n) is 3.88. The van der Waals surface area contributed by atoms with Gasteiger partial charge in [0.2, 0.25) is 0 Å². The Kier molecular flexibility index (Phi) is 7.72. The number of rotatable bonds is 9. The molecule has 4 rings (SSSR count). The number of hydrogen-bond donors (Lipinski definition) is 3. The zero-order valence-electron chi connectivity index (χ0n) is 19.8. The van der Waals surface area contributed by atoms with Crippen LogP contribution in [0.2, 0.25) is 0 Å². The highest BCUT2D eigenvalue weighted by atomic mass is 16.5. The van der Waals surface area contributed by atoms with E-state index in [0.29, 0.717) is 22.7 Å². The summed E-state index contributed by atoms with van der Waals surface area (Å²) in [6.45, 7) is 9.05. The lowest BCUT2D eigenvalue weighted by Crippen LogP contribution is -2.20. The predicted molar refractivity (Wildman–Crippen MR) is 141 cm³/mol. The first-order valence-corrected chi connectivity index (χ1v) is 11.5. The molecule has 2 heterocycles. The van der Waals surface area contributed by atoms with Crippen LogP contribution in [0.5, 0.6) is 5.75 Å². The van der Waals surface area contributed by atoms with Gasteiger partial charge in [-0.05, 0) is 65.1 Å². The predicted octanol–water partition coefficient (Wildman–Crippen LogP) is 5.45. The molecule has 2 aromatic carbocycles. The Morgan fingerprint density at radius 2 is 1.75 bits per heavy atom. The van der Waals surface area contributed by atoms with E-state index in [1.165, 1.54) is 12.2 Å². The number of aromatic carboxylic acids is 1. The van der Waals surface area contributed by atoms with Gasteiger partial charge in [-0.15, -0.1) is 0 Å². The average Bonchev–Trinajstić information content (AvgIpc) is 2.92. The van der Waals surface area contributed by atoms with Gasteiger partial charge in [0.25, 0.3) is 0 Å². The maximum absolute atomic E-state index is 11.8. The molecule has 1 aliphatic heterocycles. The van der Waals surface area contributed by atoms with Crippen molar-refractivity contribution >= 4 is 11.5 Å². The molecule has 0 radical (unpaired) electrons. The molecule has 1 aliphatic rings. The Hall–Kier alpha value is -4.49. The molecule has 7 heteroatoms. The van der Waals surface area contributed by atoms with Gasteiger partial charge in [-0.2, -0.15) is 0 Å². The molecule has 0 spiro atoms. The highest BCUT2D eigenvalue weighted by Gasteiger charge is 2.16. The summed E-state index contributed by atoms with van der Waals surface area (Å²) in [7, 11) is 0. The fourth-order valence-corrected chi connectivity index (χ4v) is 3.88. The van der Waals surface area contributed by atoms with Gasteiger partial charge in [-0.25, -0.2) is 14.8 Å². The third-order valence-corrected chi connectivity index (χ3v) is 5.75. The number of carbonyl (C=O) groups is 1. The molecule has 7 nitrogen and oxygen atoms in total. The zero-order chi connectivity index (χ0) is 25.5. The second kappa shape index (κ2) is 11.3. The molecular formula is C29H27N3O4. The summed E-state index contributed by atoms with van der Waals surface area (Å²) in [6, 6.07) is 13.3. The molecule has 0 fully saturated rings. The van der Waals surface area contributed by atoms with Crippen molar-refractivity contribution in [1.29, 1.82) is 0 Å². The number of aromatic nitrogens is 2. The van der Waals surface area contributed by atoms with Crippen molar-refractivity contribution in [1.82, 2.24) is 15.3 Å². The van der Waals surface area contributed by atoms with E-state index in [0.717, 1.165) is 47.3 Å². The van der Waals surface area contributed by atoms with Crippen molar-refractivity contribution in [2.75, 3.05) is 19.7 Å². The summed E-state index contributed by atoms with van der Waals surface area (Å²) in [5.74, 6) is 0.141. The smallest absolute Gasteiger partial charge is 0.336 e. The van der Waals surface area contributed by atoms with E-state index in [1.54, 1.807) is 18.5 Å². The molecule has 0 amide bonds. The van der Waals surface area contributed by atoms with Crippen molar-refractivity contribution in [2.45, 2.75) is 6.42 Å². The number of hydrogen-bond acceptors (Lipinski definition) is 6. The van der Waals surface area contributed by atoms with Gasteiger partial charge in [0.1, 0.15) is 12.4 Å². The largest absolute Gasteiger partial charge is 0.508 e. The van der Waals surface area contributed by atoms with E-state index in [2.05, 4.69) is 34.5 Å². The van der Waals surface area contributed by atoms with Crippen molar-refractivity contribution in [3.05, 3.63) is 109 Å². The number of benzene rings is 2. The van der Waals surface area contributed by atoms with Crippen LogP contribution in [-0.2, 0) is 0 Å². The lowest BCUT2D eigenvalue weighted by atomic mass is 9.91. The Labute approximate surface area is 209 Å². The Balaban J connectivity index is 1.49. The lowest BCUT2D eigenvalue weighted by Gasteiger charge is -2.17. The first-order valence-electron chi connectivity index (χ1n) is 11.5. The summed E-state index contributed by atoms with van der Waals surface area (Å²) in [5, 5.41) is 22.4. The van der Waals surface area contributed by atoms with E-state index >= 15 is 0 Å². The monoisotopic (exact) mass is 481 g/mol. The molecule has 0 bridgehead atoms. The summed E-state index contributed by atoms with van der Waals surface area (Å²) in [6.07, 6.45) is 8.83. The van der Waals surface area contributed by atoms with Crippen LogP contribution >= 0.6 is 0 Å². The minimum Gasteiger partial charge on any atom is -0.508 e.